The molecular weight excluding hydrogens is 215 g/mol. The van der Waals surface area contributed by atoms with Crippen molar-refractivity contribution in [3.63, 3.8) is 0 Å². The monoisotopic (exact) mass is 235 g/mol. The summed E-state index contributed by atoms with van der Waals surface area (Å²) in [5.74, 6) is -0.323. The molecule has 0 bridgehead atoms. The molecule has 2 saturated carbocycles. The van der Waals surface area contributed by atoms with Crippen molar-refractivity contribution in [2.45, 2.75) is 63.7 Å². The third-order valence-electron chi connectivity index (χ3n) is 3.98. The lowest BCUT2D eigenvalue weighted by molar-refractivity contribution is -0.184. The Bertz CT molecular complexity index is 233. The summed E-state index contributed by atoms with van der Waals surface area (Å²) in [6.45, 7) is 2.19. The fourth-order valence-electron chi connectivity index (χ4n) is 3.01. The molecule has 0 aromatic carbocycles. The zero-order chi connectivity index (χ0) is 11.8. The third-order valence-corrected chi connectivity index (χ3v) is 3.98. The smallest absolute Gasteiger partial charge is 0.311 e. The summed E-state index contributed by atoms with van der Waals surface area (Å²) in [5, 5.41) is 3.39. The first-order valence-electron chi connectivity index (χ1n) is 6.28. The van der Waals surface area contributed by atoms with Crippen molar-refractivity contribution in [2.24, 2.45) is 11.8 Å². The van der Waals surface area contributed by atoms with E-state index in [1.54, 1.807) is 0 Å². The van der Waals surface area contributed by atoms with Crippen LogP contribution in [0.1, 0.15) is 45.4 Å². The first-order chi connectivity index (χ1) is 7.45. The highest BCUT2D eigenvalue weighted by Gasteiger charge is 2.42. The van der Waals surface area contributed by atoms with Gasteiger partial charge in [0.25, 0.3) is 0 Å². The Morgan fingerprint density at radius 2 is 1.69 bits per heavy atom. The van der Waals surface area contributed by atoms with Crippen molar-refractivity contribution in [3.05, 3.63) is 0 Å². The van der Waals surface area contributed by atoms with E-state index in [2.05, 4.69) is 12.2 Å². The number of nitrogens with one attached hydrogen (secondary N) is 1. The van der Waals surface area contributed by atoms with Crippen molar-refractivity contribution < 1.29 is 13.2 Å². The second-order valence-electron chi connectivity index (χ2n) is 5.54. The molecule has 0 aliphatic heterocycles. The SMILES string of the molecule is CC1CC(NC2CCCC(C(F)(F)F)C2)C1. The lowest BCUT2D eigenvalue weighted by Crippen LogP contribution is -2.48. The van der Waals surface area contributed by atoms with Gasteiger partial charge in [0.05, 0.1) is 5.92 Å². The number of hydrogen-bond donors (Lipinski definition) is 1. The van der Waals surface area contributed by atoms with Gasteiger partial charge < -0.3 is 5.32 Å². The molecule has 0 radical (unpaired) electrons. The van der Waals surface area contributed by atoms with Gasteiger partial charge in [-0.1, -0.05) is 13.3 Å². The number of hydrogen-bond acceptors (Lipinski definition) is 1. The highest BCUT2D eigenvalue weighted by atomic mass is 19.4. The molecular formula is C12H20F3N. The number of rotatable bonds is 2. The van der Waals surface area contributed by atoms with Gasteiger partial charge in [0.1, 0.15) is 0 Å². The Balaban J connectivity index is 1.78. The fourth-order valence-corrected chi connectivity index (χ4v) is 3.01. The van der Waals surface area contributed by atoms with E-state index in [4.69, 9.17) is 0 Å². The van der Waals surface area contributed by atoms with Crippen LogP contribution in [0.15, 0.2) is 0 Å². The van der Waals surface area contributed by atoms with Crippen molar-refractivity contribution >= 4 is 0 Å². The summed E-state index contributed by atoms with van der Waals surface area (Å²) in [6, 6.07) is 0.574. The van der Waals surface area contributed by atoms with Crippen LogP contribution in [0.25, 0.3) is 0 Å². The molecule has 0 saturated heterocycles. The van der Waals surface area contributed by atoms with E-state index in [0.717, 1.165) is 25.2 Å². The Morgan fingerprint density at radius 3 is 2.25 bits per heavy atom. The van der Waals surface area contributed by atoms with Gasteiger partial charge in [-0.2, -0.15) is 13.2 Å². The number of alkyl halides is 3. The van der Waals surface area contributed by atoms with E-state index < -0.39 is 12.1 Å². The summed E-state index contributed by atoms with van der Waals surface area (Å²) in [4.78, 5) is 0. The first-order valence-corrected chi connectivity index (χ1v) is 6.28. The standard InChI is InChI=1S/C12H20F3N/c1-8-5-11(6-8)16-10-4-2-3-9(7-10)12(13,14)15/h8-11,16H,2-7H2,1H3. The molecule has 0 aromatic rings. The van der Waals surface area contributed by atoms with Gasteiger partial charge in [0.2, 0.25) is 0 Å². The maximum atomic E-state index is 12.6. The molecule has 2 fully saturated rings. The molecule has 2 rings (SSSR count). The van der Waals surface area contributed by atoms with Gasteiger partial charge >= 0.3 is 6.18 Å². The van der Waals surface area contributed by atoms with Gasteiger partial charge in [-0.05, 0) is 38.0 Å². The molecule has 2 aliphatic rings. The van der Waals surface area contributed by atoms with Gasteiger partial charge in [-0.25, -0.2) is 0 Å². The molecule has 1 nitrogen and oxygen atoms in total. The predicted octanol–water partition coefficient (Wildman–Crippen LogP) is 3.50. The minimum Gasteiger partial charge on any atom is -0.311 e. The molecule has 2 unspecified atom stereocenters. The minimum absolute atomic E-state index is 0.0953. The van der Waals surface area contributed by atoms with Crippen molar-refractivity contribution in [1.29, 1.82) is 0 Å². The molecule has 0 amide bonds. The average molecular weight is 235 g/mol. The van der Waals surface area contributed by atoms with Crippen LogP contribution in [-0.4, -0.2) is 18.3 Å². The molecule has 0 heterocycles. The zero-order valence-electron chi connectivity index (χ0n) is 9.69. The van der Waals surface area contributed by atoms with Gasteiger partial charge in [0.15, 0.2) is 0 Å². The van der Waals surface area contributed by atoms with E-state index in [1.165, 1.54) is 0 Å². The third kappa shape index (κ3) is 2.90. The van der Waals surface area contributed by atoms with E-state index in [9.17, 15) is 13.2 Å². The quantitative estimate of drug-likeness (QED) is 0.772. The van der Waals surface area contributed by atoms with E-state index in [1.807, 2.05) is 0 Å². The summed E-state index contributed by atoms with van der Waals surface area (Å²) >= 11 is 0. The highest BCUT2D eigenvalue weighted by Crippen LogP contribution is 2.38. The average Bonchev–Trinajstić information content (AvgIpc) is 2.14. The Hall–Kier alpha value is -0.250. The van der Waals surface area contributed by atoms with Crippen LogP contribution in [0.2, 0.25) is 0 Å². The molecule has 0 spiro atoms. The Kier molecular flexibility index (Phi) is 3.48. The molecule has 2 aliphatic carbocycles. The topological polar surface area (TPSA) is 12.0 Å². The summed E-state index contributed by atoms with van der Waals surface area (Å²) < 4.78 is 37.7. The fraction of sp³-hybridized carbons (Fsp3) is 1.00. The van der Waals surface area contributed by atoms with Crippen LogP contribution >= 0.6 is 0 Å². The normalized spacial score (nSPS) is 40.5. The zero-order valence-corrected chi connectivity index (χ0v) is 9.69. The van der Waals surface area contributed by atoms with Crippen LogP contribution in [0.4, 0.5) is 13.2 Å². The highest BCUT2D eigenvalue weighted by molar-refractivity contribution is 4.88. The molecule has 1 N–H and O–H groups in total. The second kappa shape index (κ2) is 4.55. The molecule has 0 aromatic heterocycles. The van der Waals surface area contributed by atoms with Crippen LogP contribution in [0.3, 0.4) is 0 Å². The molecule has 4 heteroatoms. The summed E-state index contributed by atoms with van der Waals surface area (Å²) in [5.41, 5.74) is 0. The van der Waals surface area contributed by atoms with E-state index in [0.29, 0.717) is 18.9 Å². The van der Waals surface area contributed by atoms with Crippen LogP contribution in [-0.2, 0) is 0 Å². The lowest BCUT2D eigenvalue weighted by Gasteiger charge is -2.39. The van der Waals surface area contributed by atoms with Gasteiger partial charge in [-0.15, -0.1) is 0 Å². The maximum Gasteiger partial charge on any atom is 0.391 e. The molecule has 2 atom stereocenters. The van der Waals surface area contributed by atoms with E-state index in [-0.39, 0.29) is 12.5 Å². The Morgan fingerprint density at radius 1 is 1.00 bits per heavy atom. The summed E-state index contributed by atoms with van der Waals surface area (Å²) in [7, 11) is 0. The van der Waals surface area contributed by atoms with Gasteiger partial charge in [0, 0.05) is 12.1 Å². The summed E-state index contributed by atoms with van der Waals surface area (Å²) in [6.07, 6.45) is 0.506. The second-order valence-corrected chi connectivity index (χ2v) is 5.54. The predicted molar refractivity (Wildman–Crippen MR) is 57.1 cm³/mol. The molecule has 16 heavy (non-hydrogen) atoms. The largest absolute Gasteiger partial charge is 0.391 e. The van der Waals surface area contributed by atoms with Crippen molar-refractivity contribution in [3.8, 4) is 0 Å². The van der Waals surface area contributed by atoms with Crippen molar-refractivity contribution in [2.75, 3.05) is 0 Å². The maximum absolute atomic E-state index is 12.6. The Labute approximate surface area is 94.8 Å². The van der Waals surface area contributed by atoms with E-state index >= 15 is 0 Å². The van der Waals surface area contributed by atoms with Crippen LogP contribution in [0, 0.1) is 11.8 Å². The molecule has 94 valence electrons. The van der Waals surface area contributed by atoms with Crippen LogP contribution < -0.4 is 5.32 Å². The van der Waals surface area contributed by atoms with Crippen molar-refractivity contribution in [1.82, 2.24) is 5.32 Å². The van der Waals surface area contributed by atoms with Crippen LogP contribution in [0.5, 0.6) is 0 Å². The number of halogens is 3. The minimum atomic E-state index is -3.99. The first kappa shape index (κ1) is 12.2. The lowest BCUT2D eigenvalue weighted by atomic mass is 9.79. The van der Waals surface area contributed by atoms with Gasteiger partial charge in [-0.3, -0.25) is 0 Å².